The van der Waals surface area contributed by atoms with E-state index in [0.29, 0.717) is 37.2 Å². The van der Waals surface area contributed by atoms with Crippen molar-refractivity contribution >= 4 is 36.4 Å². The van der Waals surface area contributed by atoms with E-state index >= 15 is 0 Å². The fraction of sp³-hybridized carbons (Fsp3) is 0.405. The van der Waals surface area contributed by atoms with Gasteiger partial charge in [0.05, 0.1) is 6.04 Å². The Morgan fingerprint density at radius 2 is 1.28 bits per heavy atom. The quantitative estimate of drug-likeness (QED) is 0.0927. The van der Waals surface area contributed by atoms with Crippen molar-refractivity contribution in [2.45, 2.75) is 75.9 Å². The zero-order chi connectivity index (χ0) is 36.2. The van der Waals surface area contributed by atoms with Crippen LogP contribution in [0.1, 0.15) is 55.8 Å². The largest absolute Gasteiger partial charge is 0.454 e. The molecule has 4 amide bonds. The Morgan fingerprint density at radius 1 is 0.760 bits per heavy atom. The maximum atomic E-state index is 14.0. The van der Waals surface area contributed by atoms with Gasteiger partial charge in [-0.15, -0.1) is 0 Å². The number of benzene rings is 3. The number of hydrogen-bond donors (Lipinski definition) is 7. The van der Waals surface area contributed by atoms with Crippen LogP contribution >= 0.6 is 0 Å². The van der Waals surface area contributed by atoms with Crippen LogP contribution in [0, 0.1) is 5.92 Å². The highest BCUT2D eigenvalue weighted by atomic mass is 16.4. The minimum Gasteiger partial charge on any atom is -0.427 e. The molecule has 9 N–H and O–H groups in total. The lowest BCUT2D eigenvalue weighted by Crippen LogP contribution is -2.57. The highest BCUT2D eigenvalue weighted by molar-refractivity contribution is 6.43. The Bertz CT molecular complexity index is 1550. The van der Waals surface area contributed by atoms with Crippen LogP contribution in [-0.2, 0) is 32.0 Å². The molecule has 0 aromatic heterocycles. The van der Waals surface area contributed by atoms with E-state index in [1.807, 2.05) is 74.5 Å². The molecule has 50 heavy (non-hydrogen) atoms. The number of carbonyl (C=O) groups excluding carboxylic acids is 4. The number of likely N-dealkylation sites (tertiary alicyclic amines) is 1. The van der Waals surface area contributed by atoms with Gasteiger partial charge < -0.3 is 42.4 Å². The van der Waals surface area contributed by atoms with Gasteiger partial charge in [0.15, 0.2) is 0 Å². The molecule has 13 heteroatoms. The van der Waals surface area contributed by atoms with Gasteiger partial charge in [-0.2, -0.15) is 0 Å². The van der Waals surface area contributed by atoms with E-state index < -0.39 is 49.0 Å². The van der Waals surface area contributed by atoms with E-state index in [4.69, 9.17) is 11.5 Å². The highest BCUT2D eigenvalue weighted by Gasteiger charge is 2.36. The predicted octanol–water partition coefficient (Wildman–Crippen LogP) is 1.72. The molecule has 1 saturated heterocycles. The smallest absolute Gasteiger partial charge is 0.427 e. The van der Waals surface area contributed by atoms with Crippen LogP contribution in [0.2, 0.25) is 5.82 Å². The number of carbonyl (C=O) groups is 4. The topological polar surface area (TPSA) is 200 Å². The molecular weight excluding hydrogens is 635 g/mol. The summed E-state index contributed by atoms with van der Waals surface area (Å²) in [5.74, 6) is -2.33. The maximum absolute atomic E-state index is 14.0. The van der Waals surface area contributed by atoms with Crippen molar-refractivity contribution in [2.75, 3.05) is 18.8 Å². The first-order valence-corrected chi connectivity index (χ1v) is 17.2. The summed E-state index contributed by atoms with van der Waals surface area (Å²) >= 11 is 0. The third-order valence-corrected chi connectivity index (χ3v) is 8.97. The van der Waals surface area contributed by atoms with Gasteiger partial charge in [0, 0.05) is 25.2 Å². The Balaban J connectivity index is 1.53. The van der Waals surface area contributed by atoms with Crippen LogP contribution in [0.5, 0.6) is 0 Å². The summed E-state index contributed by atoms with van der Waals surface area (Å²) in [5, 5.41) is 27.8. The van der Waals surface area contributed by atoms with Gasteiger partial charge in [-0.25, -0.2) is 0 Å². The minimum absolute atomic E-state index is 0.0119. The monoisotopic (exact) mass is 684 g/mol. The van der Waals surface area contributed by atoms with Crippen molar-refractivity contribution in [1.29, 1.82) is 0 Å². The number of hydrogen-bond acceptors (Lipinski definition) is 8. The lowest BCUT2D eigenvalue weighted by molar-refractivity contribution is -0.138. The van der Waals surface area contributed by atoms with Gasteiger partial charge >= 0.3 is 7.12 Å². The van der Waals surface area contributed by atoms with Gasteiger partial charge in [-0.1, -0.05) is 86.6 Å². The van der Waals surface area contributed by atoms with Crippen LogP contribution in [0.4, 0.5) is 5.69 Å². The van der Waals surface area contributed by atoms with Crippen molar-refractivity contribution in [3.05, 3.63) is 102 Å². The van der Waals surface area contributed by atoms with E-state index in [1.165, 1.54) is 0 Å². The highest BCUT2D eigenvalue weighted by Crippen LogP contribution is 2.27. The number of nitrogens with zero attached hydrogens (tertiary/aromatic N) is 1. The third-order valence-electron chi connectivity index (χ3n) is 8.97. The average Bonchev–Trinajstić information content (AvgIpc) is 3.10. The molecule has 0 radical (unpaired) electrons. The minimum atomic E-state index is -1.46. The summed E-state index contributed by atoms with van der Waals surface area (Å²) in [5.41, 5.74) is 14.9. The van der Waals surface area contributed by atoms with E-state index in [2.05, 4.69) is 16.0 Å². The zero-order valence-electron chi connectivity index (χ0n) is 28.7. The van der Waals surface area contributed by atoms with Crippen molar-refractivity contribution in [1.82, 2.24) is 20.9 Å². The number of amides is 4. The van der Waals surface area contributed by atoms with Crippen molar-refractivity contribution in [2.24, 2.45) is 11.7 Å². The lowest BCUT2D eigenvalue weighted by atomic mass is 9.67. The van der Waals surface area contributed by atoms with Crippen LogP contribution in [0.25, 0.3) is 0 Å². The molecule has 0 saturated carbocycles. The fourth-order valence-electron chi connectivity index (χ4n) is 6.09. The summed E-state index contributed by atoms with van der Waals surface area (Å²) < 4.78 is 0. The summed E-state index contributed by atoms with van der Waals surface area (Å²) in [4.78, 5) is 56.7. The molecule has 1 aliphatic rings. The molecule has 12 nitrogen and oxygen atoms in total. The molecule has 1 heterocycles. The summed E-state index contributed by atoms with van der Waals surface area (Å²) in [6.45, 7) is 4.42. The van der Waals surface area contributed by atoms with Gasteiger partial charge in [0.25, 0.3) is 0 Å². The van der Waals surface area contributed by atoms with Gasteiger partial charge in [0.2, 0.25) is 23.6 Å². The molecule has 3 aromatic carbocycles. The van der Waals surface area contributed by atoms with E-state index in [9.17, 15) is 29.2 Å². The Morgan fingerprint density at radius 3 is 1.82 bits per heavy atom. The van der Waals surface area contributed by atoms with Crippen LogP contribution in [0.15, 0.2) is 84.9 Å². The first-order valence-electron chi connectivity index (χ1n) is 17.2. The number of rotatable bonds is 15. The van der Waals surface area contributed by atoms with Crippen molar-refractivity contribution in [3.63, 3.8) is 0 Å². The van der Waals surface area contributed by atoms with E-state index in [0.717, 1.165) is 11.1 Å². The second kappa shape index (κ2) is 18.3. The fourth-order valence-corrected chi connectivity index (χ4v) is 6.09. The van der Waals surface area contributed by atoms with Crippen molar-refractivity contribution in [3.8, 4) is 0 Å². The Kier molecular flexibility index (Phi) is 14.0. The maximum Gasteiger partial charge on any atom is 0.454 e. The number of nitrogen functional groups attached to an aromatic ring is 1. The lowest BCUT2D eigenvalue weighted by Gasteiger charge is -2.35. The zero-order valence-corrected chi connectivity index (χ0v) is 28.7. The second-order valence-electron chi connectivity index (χ2n) is 13.4. The number of nitrogens with one attached hydrogen (secondary N) is 3. The van der Waals surface area contributed by atoms with E-state index in [-0.39, 0.29) is 36.9 Å². The van der Waals surface area contributed by atoms with E-state index in [1.54, 1.807) is 29.2 Å². The molecule has 3 aromatic rings. The molecule has 0 unspecified atom stereocenters. The Hall–Kier alpha value is -4.72. The van der Waals surface area contributed by atoms with Crippen molar-refractivity contribution < 1.29 is 29.2 Å². The standard InChI is InChI=1S/C37H49BN6O6/c1-24(2)21-31(36(47)43-33(27-13-15-29(39)16-14-27)37(48)44-19-17-28(18-20-44)38(49)50)42-35(46)32(23-26-11-7-4-8-12-26)41-34(45)30(40)22-25-9-5-3-6-10-25/h3-16,24,28,30-33,49-50H,17-23,39-40H2,1-2H3,(H,41,45)(H,42,46)(H,43,47)/t30-,31-,32-,33-/m1/s1. The van der Waals surface area contributed by atoms with Crippen LogP contribution in [0.3, 0.4) is 0 Å². The number of nitrogens with two attached hydrogens (primary N) is 2. The molecule has 266 valence electrons. The van der Waals surface area contributed by atoms with Gasteiger partial charge in [0.1, 0.15) is 18.1 Å². The molecule has 4 rings (SSSR count). The second-order valence-corrected chi connectivity index (χ2v) is 13.4. The number of anilines is 1. The summed E-state index contributed by atoms with van der Waals surface area (Å²) in [6.07, 6.45) is 1.52. The van der Waals surface area contributed by atoms with Crippen LogP contribution < -0.4 is 27.4 Å². The first-order chi connectivity index (χ1) is 23.9. The molecule has 0 aliphatic carbocycles. The molecule has 1 fully saturated rings. The third kappa shape index (κ3) is 11.2. The molecule has 0 spiro atoms. The normalized spacial score (nSPS) is 15.8. The van der Waals surface area contributed by atoms with Crippen LogP contribution in [-0.4, -0.2) is 76.9 Å². The predicted molar refractivity (Wildman–Crippen MR) is 193 cm³/mol. The first kappa shape index (κ1) is 38.1. The summed E-state index contributed by atoms with van der Waals surface area (Å²) in [6, 6.07) is 21.1. The molecular formula is C37H49BN6O6. The van der Waals surface area contributed by atoms with Gasteiger partial charge in [-0.3, -0.25) is 19.2 Å². The molecule has 4 atom stereocenters. The Labute approximate surface area is 294 Å². The number of piperidine rings is 1. The molecule has 1 aliphatic heterocycles. The SMILES string of the molecule is CC(C)C[C@@H](NC(=O)[C@@H](Cc1ccccc1)NC(=O)[C@H](N)Cc1ccccc1)C(=O)N[C@@H](C(=O)N1CCC(B(O)O)CC1)c1ccc(N)cc1. The molecule has 0 bridgehead atoms. The summed E-state index contributed by atoms with van der Waals surface area (Å²) in [7, 11) is -1.46. The van der Waals surface area contributed by atoms with Gasteiger partial charge in [-0.05, 0) is 66.2 Å². The average molecular weight is 685 g/mol.